The molecule has 0 aliphatic carbocycles. The Morgan fingerprint density at radius 3 is 2.52 bits per heavy atom. The predicted molar refractivity (Wildman–Crippen MR) is 92.3 cm³/mol. The third kappa shape index (κ3) is 7.25. The number of nitrogens with one attached hydrogen (secondary N) is 1. The van der Waals surface area contributed by atoms with E-state index in [2.05, 4.69) is 12.2 Å². The van der Waals surface area contributed by atoms with Gasteiger partial charge in [0.05, 0.1) is 13.7 Å². The van der Waals surface area contributed by atoms with Gasteiger partial charge in [0.2, 0.25) is 0 Å². The lowest BCUT2D eigenvalue weighted by molar-refractivity contribution is 0.307. The van der Waals surface area contributed by atoms with Crippen molar-refractivity contribution in [3.05, 3.63) is 22.7 Å². The van der Waals surface area contributed by atoms with E-state index in [1.807, 2.05) is 13.0 Å². The molecule has 0 unspecified atom stereocenters. The van der Waals surface area contributed by atoms with Crippen molar-refractivity contribution >= 4 is 24.0 Å². The van der Waals surface area contributed by atoms with E-state index in [9.17, 15) is 0 Å². The first-order chi connectivity index (χ1) is 9.72. The highest BCUT2D eigenvalue weighted by Crippen LogP contribution is 2.34. The van der Waals surface area contributed by atoms with Gasteiger partial charge in [0.25, 0.3) is 0 Å². The SMILES string of the molecule is CCCCCCNCc1cc(Cl)cc(OC)c1OCC.Cl. The topological polar surface area (TPSA) is 30.5 Å². The van der Waals surface area contributed by atoms with E-state index < -0.39 is 0 Å². The third-order valence-electron chi connectivity index (χ3n) is 3.13. The normalized spacial score (nSPS) is 10.1. The summed E-state index contributed by atoms with van der Waals surface area (Å²) in [4.78, 5) is 0. The number of hydrogen-bond acceptors (Lipinski definition) is 3. The molecule has 0 heterocycles. The van der Waals surface area contributed by atoms with E-state index in [1.165, 1.54) is 25.7 Å². The van der Waals surface area contributed by atoms with Crippen LogP contribution in [0.25, 0.3) is 0 Å². The van der Waals surface area contributed by atoms with Gasteiger partial charge in [-0.15, -0.1) is 12.4 Å². The van der Waals surface area contributed by atoms with Crippen molar-refractivity contribution in [1.29, 1.82) is 0 Å². The van der Waals surface area contributed by atoms with Crippen molar-refractivity contribution < 1.29 is 9.47 Å². The van der Waals surface area contributed by atoms with E-state index in [1.54, 1.807) is 13.2 Å². The van der Waals surface area contributed by atoms with E-state index in [-0.39, 0.29) is 12.4 Å². The lowest BCUT2D eigenvalue weighted by Crippen LogP contribution is -2.15. The number of hydrogen-bond donors (Lipinski definition) is 1. The van der Waals surface area contributed by atoms with Crippen molar-refractivity contribution in [3.8, 4) is 11.5 Å². The highest BCUT2D eigenvalue weighted by Gasteiger charge is 2.12. The number of benzene rings is 1. The van der Waals surface area contributed by atoms with Gasteiger partial charge in [0, 0.05) is 23.2 Å². The second-order valence-corrected chi connectivity index (χ2v) is 5.20. The first kappa shape index (κ1) is 20.4. The van der Waals surface area contributed by atoms with Crippen LogP contribution in [-0.4, -0.2) is 20.3 Å². The second kappa shape index (κ2) is 12.0. The quantitative estimate of drug-likeness (QED) is 0.620. The monoisotopic (exact) mass is 335 g/mol. The molecule has 0 atom stereocenters. The second-order valence-electron chi connectivity index (χ2n) is 4.77. The average Bonchev–Trinajstić information content (AvgIpc) is 2.45. The number of methoxy groups -OCH3 is 1. The molecule has 0 aromatic heterocycles. The molecule has 1 aromatic rings. The molecule has 1 aromatic carbocycles. The fourth-order valence-corrected chi connectivity index (χ4v) is 2.34. The first-order valence-electron chi connectivity index (χ1n) is 7.42. The molecule has 0 aliphatic heterocycles. The van der Waals surface area contributed by atoms with Gasteiger partial charge in [-0.2, -0.15) is 0 Å². The molecule has 5 heteroatoms. The zero-order valence-corrected chi connectivity index (χ0v) is 14.8. The summed E-state index contributed by atoms with van der Waals surface area (Å²) in [6, 6.07) is 3.73. The number of halogens is 2. The van der Waals surface area contributed by atoms with Gasteiger partial charge in [0.1, 0.15) is 0 Å². The van der Waals surface area contributed by atoms with E-state index in [0.717, 1.165) is 24.4 Å². The van der Waals surface area contributed by atoms with Crippen LogP contribution in [0.5, 0.6) is 11.5 Å². The summed E-state index contributed by atoms with van der Waals surface area (Å²) >= 11 is 6.12. The molecule has 0 bridgehead atoms. The molecule has 122 valence electrons. The van der Waals surface area contributed by atoms with Crippen LogP contribution in [0.1, 0.15) is 45.1 Å². The van der Waals surface area contributed by atoms with Crippen molar-refractivity contribution in [2.24, 2.45) is 0 Å². The van der Waals surface area contributed by atoms with Crippen LogP contribution in [0.2, 0.25) is 5.02 Å². The predicted octanol–water partition coefficient (Wildman–Crippen LogP) is 4.84. The molecule has 0 amide bonds. The fourth-order valence-electron chi connectivity index (χ4n) is 2.11. The van der Waals surface area contributed by atoms with Gasteiger partial charge >= 0.3 is 0 Å². The lowest BCUT2D eigenvalue weighted by Gasteiger charge is -2.15. The number of rotatable bonds is 10. The van der Waals surface area contributed by atoms with Gasteiger partial charge in [-0.25, -0.2) is 0 Å². The molecule has 0 fully saturated rings. The molecule has 0 spiro atoms. The summed E-state index contributed by atoms with van der Waals surface area (Å²) in [5.41, 5.74) is 1.05. The van der Waals surface area contributed by atoms with Gasteiger partial charge in [0.15, 0.2) is 11.5 Å². The Hall–Kier alpha value is -0.640. The smallest absolute Gasteiger partial charge is 0.165 e. The first-order valence-corrected chi connectivity index (χ1v) is 7.80. The van der Waals surface area contributed by atoms with Gasteiger partial charge < -0.3 is 14.8 Å². The minimum atomic E-state index is 0. The van der Waals surface area contributed by atoms with Gasteiger partial charge in [-0.3, -0.25) is 0 Å². The highest BCUT2D eigenvalue weighted by molar-refractivity contribution is 6.30. The van der Waals surface area contributed by atoms with E-state index in [4.69, 9.17) is 21.1 Å². The molecular formula is C16H27Cl2NO2. The zero-order valence-electron chi connectivity index (χ0n) is 13.2. The van der Waals surface area contributed by atoms with Gasteiger partial charge in [-0.1, -0.05) is 37.8 Å². The van der Waals surface area contributed by atoms with E-state index in [0.29, 0.717) is 17.4 Å². The third-order valence-corrected chi connectivity index (χ3v) is 3.35. The van der Waals surface area contributed by atoms with Crippen LogP contribution in [0.4, 0.5) is 0 Å². The van der Waals surface area contributed by atoms with Crippen LogP contribution in [0, 0.1) is 0 Å². The molecule has 3 nitrogen and oxygen atoms in total. The lowest BCUT2D eigenvalue weighted by atomic mass is 10.1. The standard InChI is InChI=1S/C16H26ClNO2.ClH/c1-4-6-7-8-9-18-12-13-10-14(17)11-15(19-3)16(13)20-5-2;/h10-11,18H,4-9,12H2,1-3H3;1H. The van der Waals surface area contributed by atoms with Crippen LogP contribution in [-0.2, 0) is 6.54 Å². The van der Waals surface area contributed by atoms with Crippen molar-refractivity contribution in [2.75, 3.05) is 20.3 Å². The fraction of sp³-hybridized carbons (Fsp3) is 0.625. The zero-order chi connectivity index (χ0) is 14.8. The Morgan fingerprint density at radius 1 is 1.14 bits per heavy atom. The largest absolute Gasteiger partial charge is 0.493 e. The van der Waals surface area contributed by atoms with Crippen LogP contribution < -0.4 is 14.8 Å². The van der Waals surface area contributed by atoms with Crippen LogP contribution >= 0.6 is 24.0 Å². The molecule has 0 aliphatic rings. The summed E-state index contributed by atoms with van der Waals surface area (Å²) < 4.78 is 11.0. The summed E-state index contributed by atoms with van der Waals surface area (Å²) in [5, 5.41) is 4.12. The molecule has 0 radical (unpaired) electrons. The van der Waals surface area contributed by atoms with Crippen molar-refractivity contribution in [2.45, 2.75) is 46.1 Å². The highest BCUT2D eigenvalue weighted by atomic mass is 35.5. The van der Waals surface area contributed by atoms with Gasteiger partial charge in [-0.05, 0) is 26.0 Å². The van der Waals surface area contributed by atoms with E-state index >= 15 is 0 Å². The molecule has 21 heavy (non-hydrogen) atoms. The Bertz CT molecular complexity index is 400. The summed E-state index contributed by atoms with van der Waals surface area (Å²) in [5.74, 6) is 1.49. The molecule has 0 saturated carbocycles. The Balaban J connectivity index is 0.00000400. The number of ether oxygens (including phenoxy) is 2. The minimum Gasteiger partial charge on any atom is -0.493 e. The van der Waals surface area contributed by atoms with Crippen molar-refractivity contribution in [1.82, 2.24) is 5.32 Å². The maximum atomic E-state index is 6.12. The molecule has 0 saturated heterocycles. The maximum absolute atomic E-state index is 6.12. The van der Waals surface area contributed by atoms with Crippen LogP contribution in [0.3, 0.4) is 0 Å². The summed E-state index contributed by atoms with van der Waals surface area (Å²) in [6.45, 7) is 6.57. The Kier molecular flexibility index (Phi) is 11.6. The maximum Gasteiger partial charge on any atom is 0.165 e. The molecule has 1 rings (SSSR count). The Morgan fingerprint density at radius 2 is 1.90 bits per heavy atom. The number of unbranched alkanes of at least 4 members (excludes halogenated alkanes) is 3. The van der Waals surface area contributed by atoms with Crippen molar-refractivity contribution in [3.63, 3.8) is 0 Å². The summed E-state index contributed by atoms with van der Waals surface area (Å²) in [6.07, 6.45) is 5.05. The summed E-state index contributed by atoms with van der Waals surface area (Å²) in [7, 11) is 1.64. The Labute approximate surface area is 139 Å². The average molecular weight is 336 g/mol. The molecular weight excluding hydrogens is 309 g/mol. The minimum absolute atomic E-state index is 0. The molecule has 1 N–H and O–H groups in total. The van der Waals surface area contributed by atoms with Crippen LogP contribution in [0.15, 0.2) is 12.1 Å².